The van der Waals surface area contributed by atoms with Crippen LogP contribution < -0.4 is 0 Å². The number of benzene rings is 1. The average molecular weight is 307 g/mol. The van der Waals surface area contributed by atoms with Crippen molar-refractivity contribution in [3.05, 3.63) is 35.9 Å². The van der Waals surface area contributed by atoms with Gasteiger partial charge < -0.3 is 14.2 Å². The third-order valence-electron chi connectivity index (χ3n) is 2.61. The number of esters is 2. The summed E-state index contributed by atoms with van der Waals surface area (Å²) in [4.78, 5) is 38.9. The van der Waals surface area contributed by atoms with Crippen molar-refractivity contribution in [3.8, 4) is 0 Å². The molecule has 0 fully saturated rings. The smallest absolute Gasteiger partial charge is 0.377 e. The first-order valence-corrected chi connectivity index (χ1v) is 6.51. The fraction of sp³-hybridized carbons (Fsp3) is 0.333. The van der Waals surface area contributed by atoms with Gasteiger partial charge in [-0.25, -0.2) is 14.6 Å². The molecule has 1 unspecified atom stereocenters. The molecular weight excluding hydrogens is 290 g/mol. The minimum atomic E-state index is -1.67. The molecule has 22 heavy (non-hydrogen) atoms. The van der Waals surface area contributed by atoms with E-state index in [-0.39, 0.29) is 12.5 Å². The third kappa shape index (κ3) is 4.41. The molecule has 0 heterocycles. The van der Waals surface area contributed by atoms with Gasteiger partial charge in [0.15, 0.2) is 0 Å². The monoisotopic (exact) mass is 307 g/mol. The molecule has 0 aliphatic carbocycles. The molecule has 7 heteroatoms. The zero-order valence-electron chi connectivity index (χ0n) is 12.6. The maximum atomic E-state index is 11.9. The van der Waals surface area contributed by atoms with Crippen molar-refractivity contribution < 1.29 is 28.6 Å². The van der Waals surface area contributed by atoms with Gasteiger partial charge in [0.1, 0.15) is 0 Å². The van der Waals surface area contributed by atoms with Crippen molar-refractivity contribution in [2.24, 2.45) is 4.99 Å². The highest BCUT2D eigenvalue weighted by Gasteiger charge is 2.34. The van der Waals surface area contributed by atoms with Crippen LogP contribution in [0.3, 0.4) is 0 Å². The summed E-state index contributed by atoms with van der Waals surface area (Å²) in [6.45, 7) is 2.00. The number of methoxy groups -OCH3 is 2. The van der Waals surface area contributed by atoms with Gasteiger partial charge in [-0.2, -0.15) is 0 Å². The number of rotatable bonds is 6. The average Bonchev–Trinajstić information content (AvgIpc) is 2.57. The van der Waals surface area contributed by atoms with E-state index in [1.54, 1.807) is 37.3 Å². The maximum absolute atomic E-state index is 11.9. The fourth-order valence-electron chi connectivity index (χ4n) is 1.57. The molecular formula is C15H17NO6. The van der Waals surface area contributed by atoms with E-state index in [1.807, 2.05) is 0 Å². The molecule has 0 aromatic heterocycles. The number of ether oxygens (including phenoxy) is 3. The summed E-state index contributed by atoms with van der Waals surface area (Å²) in [7, 11) is 2.14. The summed E-state index contributed by atoms with van der Waals surface area (Å²) in [5.41, 5.74) is 0.566. The highest BCUT2D eigenvalue weighted by Crippen LogP contribution is 2.07. The van der Waals surface area contributed by atoms with Gasteiger partial charge in [-0.3, -0.25) is 4.79 Å². The zero-order chi connectivity index (χ0) is 16.5. The Morgan fingerprint density at radius 2 is 1.73 bits per heavy atom. The second-order valence-corrected chi connectivity index (χ2v) is 4.01. The minimum absolute atomic E-state index is 0.0655. The Hall–Kier alpha value is -2.70. The lowest BCUT2D eigenvalue weighted by atomic mass is 10.1. The van der Waals surface area contributed by atoms with Gasteiger partial charge in [-0.05, 0) is 19.1 Å². The Morgan fingerprint density at radius 1 is 1.09 bits per heavy atom. The Bertz CT molecular complexity index is 567. The number of Topliss-reactive ketones (excluding diaryl/α,β-unsaturated/α-hetero) is 1. The van der Waals surface area contributed by atoms with Crippen LogP contribution in [0, 0.1) is 0 Å². The Labute approximate surface area is 127 Å². The topological polar surface area (TPSA) is 91.3 Å². The summed E-state index contributed by atoms with van der Waals surface area (Å²) < 4.78 is 14.2. The summed E-state index contributed by atoms with van der Waals surface area (Å²) in [5, 5.41) is 0. The predicted molar refractivity (Wildman–Crippen MR) is 77.4 cm³/mol. The van der Waals surface area contributed by atoms with Crippen molar-refractivity contribution in [1.82, 2.24) is 0 Å². The standard InChI is InChI=1S/C15H17NO6/c1-4-22-13(10-8-6-5-7-9-10)16-11(14(18)20-2)12(17)15(19)21-3/h5-9,11H,4H2,1-3H3. The number of aliphatic imine (C=N–C) groups is 1. The number of carbonyl (C=O) groups excluding carboxylic acids is 3. The molecule has 0 aliphatic rings. The largest absolute Gasteiger partial charge is 0.478 e. The van der Waals surface area contributed by atoms with Gasteiger partial charge in [0.25, 0.3) is 5.78 Å². The van der Waals surface area contributed by atoms with Gasteiger partial charge in [-0.1, -0.05) is 18.2 Å². The zero-order valence-corrected chi connectivity index (χ0v) is 12.6. The van der Waals surface area contributed by atoms with E-state index in [2.05, 4.69) is 14.5 Å². The van der Waals surface area contributed by atoms with E-state index in [0.717, 1.165) is 14.2 Å². The molecule has 0 spiro atoms. The van der Waals surface area contributed by atoms with Crippen LogP contribution in [0.15, 0.2) is 35.3 Å². The first-order valence-electron chi connectivity index (χ1n) is 6.51. The van der Waals surface area contributed by atoms with Crippen molar-refractivity contribution in [2.75, 3.05) is 20.8 Å². The molecule has 1 aromatic rings. The Balaban J connectivity index is 3.23. The minimum Gasteiger partial charge on any atom is -0.478 e. The second-order valence-electron chi connectivity index (χ2n) is 4.01. The van der Waals surface area contributed by atoms with Gasteiger partial charge in [0.2, 0.25) is 11.9 Å². The number of carbonyl (C=O) groups is 3. The molecule has 0 amide bonds. The normalized spacial score (nSPS) is 12.2. The van der Waals surface area contributed by atoms with E-state index < -0.39 is 23.8 Å². The number of hydrogen-bond acceptors (Lipinski definition) is 7. The molecule has 1 rings (SSSR count). The number of hydrogen-bond donors (Lipinski definition) is 0. The number of ketones is 1. The Kier molecular flexibility index (Phi) is 6.75. The van der Waals surface area contributed by atoms with Crippen LogP contribution in [0.1, 0.15) is 12.5 Å². The first kappa shape index (κ1) is 17.4. The molecule has 0 N–H and O–H groups in total. The van der Waals surface area contributed by atoms with Crippen LogP contribution in [-0.4, -0.2) is 50.5 Å². The van der Waals surface area contributed by atoms with E-state index >= 15 is 0 Å². The predicted octanol–water partition coefficient (Wildman–Crippen LogP) is 0.753. The molecule has 0 aliphatic heterocycles. The van der Waals surface area contributed by atoms with Gasteiger partial charge >= 0.3 is 11.9 Å². The summed E-state index contributed by atoms with van der Waals surface area (Å²) in [6, 6.07) is 7.03. The molecule has 0 saturated heterocycles. The second kappa shape index (κ2) is 8.56. The third-order valence-corrected chi connectivity index (χ3v) is 2.61. The molecule has 0 radical (unpaired) electrons. The SMILES string of the molecule is CCOC(=NC(C(=O)OC)C(=O)C(=O)OC)c1ccccc1. The summed E-state index contributed by atoms with van der Waals surface area (Å²) >= 11 is 0. The highest BCUT2D eigenvalue weighted by molar-refractivity contribution is 6.40. The lowest BCUT2D eigenvalue weighted by molar-refractivity contribution is -0.156. The Morgan fingerprint density at radius 3 is 2.23 bits per heavy atom. The maximum Gasteiger partial charge on any atom is 0.377 e. The van der Waals surface area contributed by atoms with Crippen LogP contribution in [0.5, 0.6) is 0 Å². The van der Waals surface area contributed by atoms with Crippen LogP contribution in [0.4, 0.5) is 0 Å². The summed E-state index contributed by atoms with van der Waals surface area (Å²) in [6.07, 6.45) is 0. The van der Waals surface area contributed by atoms with Gasteiger partial charge in [0.05, 0.1) is 20.8 Å². The molecule has 1 aromatic carbocycles. The van der Waals surface area contributed by atoms with Crippen LogP contribution in [-0.2, 0) is 28.6 Å². The van der Waals surface area contributed by atoms with Gasteiger partial charge in [-0.15, -0.1) is 0 Å². The van der Waals surface area contributed by atoms with Crippen LogP contribution >= 0.6 is 0 Å². The van der Waals surface area contributed by atoms with E-state index in [9.17, 15) is 14.4 Å². The molecule has 0 bridgehead atoms. The van der Waals surface area contributed by atoms with Crippen molar-refractivity contribution in [1.29, 1.82) is 0 Å². The van der Waals surface area contributed by atoms with E-state index in [4.69, 9.17) is 4.74 Å². The highest BCUT2D eigenvalue weighted by atomic mass is 16.5. The van der Waals surface area contributed by atoms with Crippen molar-refractivity contribution >= 4 is 23.6 Å². The van der Waals surface area contributed by atoms with E-state index in [1.165, 1.54) is 0 Å². The van der Waals surface area contributed by atoms with Crippen molar-refractivity contribution in [3.63, 3.8) is 0 Å². The number of nitrogens with zero attached hydrogens (tertiary/aromatic N) is 1. The summed E-state index contributed by atoms with van der Waals surface area (Å²) in [5.74, 6) is -3.20. The molecule has 1 atom stereocenters. The molecule has 0 saturated carbocycles. The van der Waals surface area contributed by atoms with Crippen molar-refractivity contribution in [2.45, 2.75) is 13.0 Å². The lowest BCUT2D eigenvalue weighted by Gasteiger charge is -2.12. The quantitative estimate of drug-likeness (QED) is 0.253. The van der Waals surface area contributed by atoms with Crippen LogP contribution in [0.2, 0.25) is 0 Å². The fourth-order valence-corrected chi connectivity index (χ4v) is 1.57. The van der Waals surface area contributed by atoms with Gasteiger partial charge in [0, 0.05) is 5.56 Å². The lowest BCUT2D eigenvalue weighted by Crippen LogP contribution is -2.36. The van der Waals surface area contributed by atoms with E-state index in [0.29, 0.717) is 5.56 Å². The van der Waals surface area contributed by atoms with Crippen LogP contribution in [0.25, 0.3) is 0 Å². The first-order chi connectivity index (χ1) is 10.5. The molecule has 118 valence electrons. The molecule has 7 nitrogen and oxygen atoms in total.